The lowest BCUT2D eigenvalue weighted by Crippen LogP contribution is -2.30. The van der Waals surface area contributed by atoms with Crippen molar-refractivity contribution in [2.75, 3.05) is 18.5 Å². The summed E-state index contributed by atoms with van der Waals surface area (Å²) in [6.45, 7) is 7.24. The Bertz CT molecular complexity index is 933. The van der Waals surface area contributed by atoms with Crippen molar-refractivity contribution < 1.29 is 13.9 Å². The second-order valence-corrected chi connectivity index (χ2v) is 7.34. The number of amides is 2. The monoisotopic (exact) mass is 393 g/mol. The zero-order chi connectivity index (χ0) is 20.6. The number of nitrogens with zero attached hydrogens (tertiary/aromatic N) is 1. The molecule has 0 aliphatic carbocycles. The molecule has 0 radical (unpaired) electrons. The highest BCUT2D eigenvalue weighted by Gasteiger charge is 2.10. The first-order chi connectivity index (χ1) is 14.0. The van der Waals surface area contributed by atoms with E-state index in [-0.39, 0.29) is 6.03 Å². The number of nitrogens with one attached hydrogen (secondary N) is 2. The molecule has 2 aromatic carbocycles. The van der Waals surface area contributed by atoms with Gasteiger partial charge in [-0.1, -0.05) is 43.7 Å². The molecular weight excluding hydrogens is 366 g/mol. The average molecular weight is 393 g/mol. The largest absolute Gasteiger partial charge is 0.491 e. The van der Waals surface area contributed by atoms with E-state index in [0.717, 1.165) is 11.3 Å². The van der Waals surface area contributed by atoms with Gasteiger partial charge in [-0.25, -0.2) is 9.78 Å². The molecule has 0 bridgehead atoms. The number of rotatable bonds is 8. The van der Waals surface area contributed by atoms with Crippen LogP contribution in [0.4, 0.5) is 10.5 Å². The zero-order valence-electron chi connectivity index (χ0n) is 17.1. The molecule has 6 heteroatoms. The Kier molecular flexibility index (Phi) is 6.89. The third-order valence-electron chi connectivity index (χ3n) is 4.22. The molecule has 6 nitrogen and oxygen atoms in total. The Morgan fingerprint density at radius 2 is 1.90 bits per heavy atom. The standard InChI is InChI=1S/C23H27N3O3/c1-16(2)14-28-21-7-5-4-6-20(21)26-23(27)24-13-12-19-15-29-22(25-19)18-10-8-17(3)9-11-18/h4-11,15-16H,12-14H2,1-3H3,(H2,24,26,27). The highest BCUT2D eigenvalue weighted by atomic mass is 16.5. The zero-order valence-corrected chi connectivity index (χ0v) is 17.1. The predicted molar refractivity (Wildman–Crippen MR) is 114 cm³/mol. The van der Waals surface area contributed by atoms with Gasteiger partial charge >= 0.3 is 6.03 Å². The van der Waals surface area contributed by atoms with Gasteiger partial charge in [-0.3, -0.25) is 0 Å². The molecule has 2 N–H and O–H groups in total. The van der Waals surface area contributed by atoms with E-state index in [1.807, 2.05) is 55.5 Å². The maximum atomic E-state index is 12.2. The van der Waals surface area contributed by atoms with Gasteiger partial charge in [-0.15, -0.1) is 0 Å². The Labute approximate surface area is 171 Å². The third-order valence-corrected chi connectivity index (χ3v) is 4.22. The molecule has 0 fully saturated rings. The average Bonchev–Trinajstić information content (AvgIpc) is 3.16. The molecule has 29 heavy (non-hydrogen) atoms. The van der Waals surface area contributed by atoms with E-state index in [1.54, 1.807) is 6.26 Å². The number of hydrogen-bond donors (Lipinski definition) is 2. The number of carbonyl (C=O) groups excluding carboxylic acids is 1. The van der Waals surface area contributed by atoms with Crippen molar-refractivity contribution in [2.24, 2.45) is 5.92 Å². The molecule has 0 aliphatic heterocycles. The molecule has 3 aromatic rings. The van der Waals surface area contributed by atoms with E-state index in [1.165, 1.54) is 5.56 Å². The Morgan fingerprint density at radius 1 is 1.14 bits per heavy atom. The van der Waals surface area contributed by atoms with Gasteiger partial charge in [0.25, 0.3) is 0 Å². The number of aromatic nitrogens is 1. The topological polar surface area (TPSA) is 76.4 Å². The number of carbonyl (C=O) groups is 1. The maximum absolute atomic E-state index is 12.2. The molecule has 0 aliphatic rings. The van der Waals surface area contributed by atoms with Gasteiger partial charge in [0, 0.05) is 18.5 Å². The summed E-state index contributed by atoms with van der Waals surface area (Å²) < 4.78 is 11.3. The molecule has 3 rings (SSSR count). The van der Waals surface area contributed by atoms with E-state index in [2.05, 4.69) is 29.5 Å². The first-order valence-electron chi connectivity index (χ1n) is 9.79. The fourth-order valence-electron chi connectivity index (χ4n) is 2.67. The Hall–Kier alpha value is -3.28. The van der Waals surface area contributed by atoms with Crippen LogP contribution >= 0.6 is 0 Å². The minimum Gasteiger partial charge on any atom is -0.491 e. The molecule has 0 unspecified atom stereocenters. The highest BCUT2D eigenvalue weighted by Crippen LogP contribution is 2.24. The van der Waals surface area contributed by atoms with Gasteiger partial charge in [-0.2, -0.15) is 0 Å². The molecule has 1 aromatic heterocycles. The SMILES string of the molecule is Cc1ccc(-c2nc(CCNC(=O)Nc3ccccc3OCC(C)C)co2)cc1. The predicted octanol–water partition coefficient (Wildman–Crippen LogP) is 5.05. The molecule has 0 spiro atoms. The van der Waals surface area contributed by atoms with Crippen molar-refractivity contribution in [1.82, 2.24) is 10.3 Å². The normalized spacial score (nSPS) is 10.8. The molecule has 2 amide bonds. The number of aryl methyl sites for hydroxylation is 1. The van der Waals surface area contributed by atoms with Crippen LogP contribution in [0, 0.1) is 12.8 Å². The van der Waals surface area contributed by atoms with Crippen LogP contribution in [0.5, 0.6) is 5.75 Å². The van der Waals surface area contributed by atoms with Gasteiger partial charge in [0.15, 0.2) is 0 Å². The fourth-order valence-corrected chi connectivity index (χ4v) is 2.67. The second kappa shape index (κ2) is 9.78. The molecule has 0 saturated carbocycles. The van der Waals surface area contributed by atoms with Crippen molar-refractivity contribution >= 4 is 11.7 Å². The van der Waals surface area contributed by atoms with Gasteiger partial charge in [0.2, 0.25) is 5.89 Å². The number of anilines is 1. The van der Waals surface area contributed by atoms with E-state index in [4.69, 9.17) is 9.15 Å². The number of benzene rings is 2. The first-order valence-corrected chi connectivity index (χ1v) is 9.79. The third kappa shape index (κ3) is 6.10. The summed E-state index contributed by atoms with van der Waals surface area (Å²) in [5.41, 5.74) is 3.56. The molecule has 152 valence electrons. The highest BCUT2D eigenvalue weighted by molar-refractivity contribution is 5.90. The fraction of sp³-hybridized carbons (Fsp3) is 0.304. The van der Waals surface area contributed by atoms with Crippen LogP contribution in [0.1, 0.15) is 25.1 Å². The van der Waals surface area contributed by atoms with Crippen LogP contribution < -0.4 is 15.4 Å². The number of para-hydroxylation sites is 2. The minimum atomic E-state index is -0.284. The number of hydrogen-bond acceptors (Lipinski definition) is 4. The van der Waals surface area contributed by atoms with Crippen LogP contribution in [0.25, 0.3) is 11.5 Å². The summed E-state index contributed by atoms with van der Waals surface area (Å²) in [5.74, 6) is 1.65. The summed E-state index contributed by atoms with van der Waals surface area (Å²) in [7, 11) is 0. The van der Waals surface area contributed by atoms with Crippen molar-refractivity contribution in [3.05, 3.63) is 66.1 Å². The van der Waals surface area contributed by atoms with Crippen LogP contribution in [0.3, 0.4) is 0 Å². The number of ether oxygens (including phenoxy) is 1. The lowest BCUT2D eigenvalue weighted by molar-refractivity contribution is 0.251. The van der Waals surface area contributed by atoms with Gasteiger partial charge < -0.3 is 19.8 Å². The number of oxazole rings is 1. The van der Waals surface area contributed by atoms with Crippen LogP contribution in [-0.4, -0.2) is 24.2 Å². The summed E-state index contributed by atoms with van der Waals surface area (Å²) in [5, 5.41) is 5.68. The molecule has 0 atom stereocenters. The van der Waals surface area contributed by atoms with Crippen LogP contribution in [0.15, 0.2) is 59.2 Å². The molecule has 1 heterocycles. The van der Waals surface area contributed by atoms with E-state index >= 15 is 0 Å². The van der Waals surface area contributed by atoms with Crippen molar-refractivity contribution in [3.63, 3.8) is 0 Å². The maximum Gasteiger partial charge on any atom is 0.319 e. The summed E-state index contributed by atoms with van der Waals surface area (Å²) in [6, 6.07) is 15.1. The quantitative estimate of drug-likeness (QED) is 0.561. The van der Waals surface area contributed by atoms with Crippen molar-refractivity contribution in [3.8, 4) is 17.2 Å². The van der Waals surface area contributed by atoms with E-state index < -0.39 is 0 Å². The van der Waals surface area contributed by atoms with E-state index in [0.29, 0.717) is 42.8 Å². The van der Waals surface area contributed by atoms with Crippen LogP contribution in [-0.2, 0) is 6.42 Å². The van der Waals surface area contributed by atoms with Crippen LogP contribution in [0.2, 0.25) is 0 Å². The summed E-state index contributed by atoms with van der Waals surface area (Å²) in [6.07, 6.45) is 2.21. The van der Waals surface area contributed by atoms with E-state index in [9.17, 15) is 4.79 Å². The molecule has 0 saturated heterocycles. The lowest BCUT2D eigenvalue weighted by atomic mass is 10.1. The van der Waals surface area contributed by atoms with Crippen molar-refractivity contribution in [2.45, 2.75) is 27.2 Å². The second-order valence-electron chi connectivity index (χ2n) is 7.34. The minimum absolute atomic E-state index is 0.284. The number of urea groups is 1. The Balaban J connectivity index is 1.49. The van der Waals surface area contributed by atoms with Gasteiger partial charge in [0.1, 0.15) is 12.0 Å². The Morgan fingerprint density at radius 3 is 2.66 bits per heavy atom. The summed E-state index contributed by atoms with van der Waals surface area (Å²) >= 11 is 0. The smallest absolute Gasteiger partial charge is 0.319 e. The van der Waals surface area contributed by atoms with Crippen molar-refractivity contribution in [1.29, 1.82) is 0 Å². The lowest BCUT2D eigenvalue weighted by Gasteiger charge is -2.14. The van der Waals surface area contributed by atoms with Gasteiger partial charge in [-0.05, 0) is 37.1 Å². The van der Waals surface area contributed by atoms with Gasteiger partial charge in [0.05, 0.1) is 18.0 Å². The molecular formula is C23H27N3O3. The first kappa shape index (κ1) is 20.5. The summed E-state index contributed by atoms with van der Waals surface area (Å²) in [4.78, 5) is 16.7.